The van der Waals surface area contributed by atoms with Crippen LogP contribution in [0.1, 0.15) is 17.1 Å². The van der Waals surface area contributed by atoms with E-state index < -0.39 is 0 Å². The molecule has 0 spiro atoms. The number of rotatable bonds is 7. The van der Waals surface area contributed by atoms with Gasteiger partial charge in [0.25, 0.3) is 5.56 Å². The highest BCUT2D eigenvalue weighted by Crippen LogP contribution is 2.30. The number of nitrogens with one attached hydrogen (secondary N) is 1. The van der Waals surface area contributed by atoms with Crippen LogP contribution in [0.25, 0.3) is 22.0 Å². The Balaban J connectivity index is 1.58. The molecule has 158 valence electrons. The van der Waals surface area contributed by atoms with Crippen molar-refractivity contribution in [3.63, 3.8) is 0 Å². The summed E-state index contributed by atoms with van der Waals surface area (Å²) in [4.78, 5) is 23.9. The molecule has 2 aromatic carbocycles. The van der Waals surface area contributed by atoms with Gasteiger partial charge in [-0.3, -0.25) is 4.79 Å². The lowest BCUT2D eigenvalue weighted by atomic mass is 10.2. The molecule has 2 heterocycles. The minimum absolute atomic E-state index is 0.259. The summed E-state index contributed by atoms with van der Waals surface area (Å²) in [6.45, 7) is 0.413. The van der Waals surface area contributed by atoms with E-state index in [-0.39, 0.29) is 11.4 Å². The molecule has 0 unspecified atom stereocenters. The van der Waals surface area contributed by atoms with Crippen molar-refractivity contribution in [3.05, 3.63) is 74.7 Å². The number of methoxy groups -OCH3 is 2. The van der Waals surface area contributed by atoms with Crippen LogP contribution in [-0.2, 0) is 6.61 Å². The van der Waals surface area contributed by atoms with Crippen molar-refractivity contribution in [2.24, 2.45) is 0 Å². The SMILES string of the molecule is COc1cc2nc(C(Cl)=Cc3ccc(OCc4cscn4)cc3)[nH]c(=O)c2cc1OC. The molecule has 31 heavy (non-hydrogen) atoms. The highest BCUT2D eigenvalue weighted by Gasteiger charge is 2.12. The number of aromatic amines is 1. The van der Waals surface area contributed by atoms with Crippen molar-refractivity contribution >= 4 is 44.9 Å². The van der Waals surface area contributed by atoms with Crippen LogP contribution in [0, 0.1) is 0 Å². The summed E-state index contributed by atoms with van der Waals surface area (Å²) in [6.07, 6.45) is 1.72. The molecule has 0 aliphatic carbocycles. The van der Waals surface area contributed by atoms with Crippen molar-refractivity contribution in [1.29, 1.82) is 0 Å². The molecule has 0 saturated heterocycles. The molecule has 7 nitrogen and oxygen atoms in total. The van der Waals surface area contributed by atoms with E-state index in [0.29, 0.717) is 34.0 Å². The van der Waals surface area contributed by atoms with Gasteiger partial charge in [-0.05, 0) is 29.8 Å². The van der Waals surface area contributed by atoms with Gasteiger partial charge in [0, 0.05) is 11.4 Å². The van der Waals surface area contributed by atoms with Gasteiger partial charge in [0.15, 0.2) is 17.3 Å². The van der Waals surface area contributed by atoms with Crippen LogP contribution in [0.5, 0.6) is 17.2 Å². The summed E-state index contributed by atoms with van der Waals surface area (Å²) < 4.78 is 16.3. The van der Waals surface area contributed by atoms with Crippen LogP contribution in [0.2, 0.25) is 0 Å². The molecule has 0 aliphatic heterocycles. The first-order chi connectivity index (χ1) is 15.1. The Kier molecular flexibility index (Phi) is 6.20. The van der Waals surface area contributed by atoms with Crippen LogP contribution >= 0.6 is 22.9 Å². The van der Waals surface area contributed by atoms with Crippen LogP contribution in [0.4, 0.5) is 0 Å². The molecule has 0 fully saturated rings. The van der Waals surface area contributed by atoms with Gasteiger partial charge in [-0.2, -0.15) is 0 Å². The maximum absolute atomic E-state index is 12.5. The quantitative estimate of drug-likeness (QED) is 0.434. The molecule has 0 amide bonds. The molecule has 9 heteroatoms. The van der Waals surface area contributed by atoms with Gasteiger partial charge in [0.2, 0.25) is 0 Å². The number of ether oxygens (including phenoxy) is 3. The van der Waals surface area contributed by atoms with E-state index in [4.69, 9.17) is 25.8 Å². The molecule has 4 rings (SSSR count). The van der Waals surface area contributed by atoms with Crippen molar-refractivity contribution in [2.75, 3.05) is 14.2 Å². The first-order valence-electron chi connectivity index (χ1n) is 9.21. The van der Waals surface area contributed by atoms with Gasteiger partial charge >= 0.3 is 0 Å². The van der Waals surface area contributed by atoms with Crippen LogP contribution in [0.3, 0.4) is 0 Å². The largest absolute Gasteiger partial charge is 0.493 e. The smallest absolute Gasteiger partial charge is 0.259 e. The zero-order chi connectivity index (χ0) is 21.8. The lowest BCUT2D eigenvalue weighted by Gasteiger charge is -2.09. The van der Waals surface area contributed by atoms with E-state index in [9.17, 15) is 4.79 Å². The summed E-state index contributed by atoms with van der Waals surface area (Å²) in [5.74, 6) is 1.91. The van der Waals surface area contributed by atoms with Gasteiger partial charge in [-0.1, -0.05) is 23.7 Å². The number of benzene rings is 2. The van der Waals surface area contributed by atoms with E-state index in [2.05, 4.69) is 15.0 Å². The lowest BCUT2D eigenvalue weighted by Crippen LogP contribution is -2.11. The van der Waals surface area contributed by atoms with E-state index >= 15 is 0 Å². The zero-order valence-electron chi connectivity index (χ0n) is 16.7. The fourth-order valence-corrected chi connectivity index (χ4v) is 3.68. The van der Waals surface area contributed by atoms with Gasteiger partial charge in [0.05, 0.1) is 41.4 Å². The normalized spacial score (nSPS) is 11.5. The van der Waals surface area contributed by atoms with E-state index in [1.54, 1.807) is 23.7 Å². The molecule has 0 aliphatic rings. The Morgan fingerprint density at radius 1 is 1.16 bits per heavy atom. The maximum Gasteiger partial charge on any atom is 0.259 e. The van der Waals surface area contributed by atoms with Crippen molar-refractivity contribution in [3.8, 4) is 17.2 Å². The van der Waals surface area contributed by atoms with Crippen LogP contribution < -0.4 is 19.8 Å². The second-order valence-electron chi connectivity index (χ2n) is 6.47. The number of H-pyrrole nitrogens is 1. The molecule has 4 aromatic rings. The number of fused-ring (bicyclic) bond motifs is 1. The third kappa shape index (κ3) is 4.70. The minimum atomic E-state index is -0.321. The molecule has 0 radical (unpaired) electrons. The van der Waals surface area contributed by atoms with Crippen molar-refractivity contribution in [1.82, 2.24) is 15.0 Å². The Hall–Kier alpha value is -3.36. The number of hydrogen-bond acceptors (Lipinski definition) is 7. The Labute approximate surface area is 186 Å². The second kappa shape index (κ2) is 9.20. The predicted octanol–water partition coefficient (Wildman–Crippen LogP) is 4.71. The molecule has 0 bridgehead atoms. The minimum Gasteiger partial charge on any atom is -0.493 e. The van der Waals surface area contributed by atoms with Gasteiger partial charge in [-0.15, -0.1) is 11.3 Å². The highest BCUT2D eigenvalue weighted by molar-refractivity contribution is 7.07. The van der Waals surface area contributed by atoms with E-state index in [0.717, 1.165) is 17.0 Å². The monoisotopic (exact) mass is 455 g/mol. The Morgan fingerprint density at radius 3 is 2.58 bits per heavy atom. The summed E-state index contributed by atoms with van der Waals surface area (Å²) in [7, 11) is 3.03. The van der Waals surface area contributed by atoms with Crippen molar-refractivity contribution in [2.45, 2.75) is 6.61 Å². The number of aromatic nitrogens is 3. The summed E-state index contributed by atoms with van der Waals surface area (Å²) >= 11 is 7.98. The molecule has 1 N–H and O–H groups in total. The van der Waals surface area contributed by atoms with Gasteiger partial charge < -0.3 is 19.2 Å². The average Bonchev–Trinajstić information content (AvgIpc) is 3.31. The summed E-state index contributed by atoms with van der Waals surface area (Å²) in [5, 5.41) is 2.62. The number of nitrogens with zero attached hydrogens (tertiary/aromatic N) is 2. The molecule has 0 atom stereocenters. The zero-order valence-corrected chi connectivity index (χ0v) is 18.3. The Morgan fingerprint density at radius 2 is 1.90 bits per heavy atom. The van der Waals surface area contributed by atoms with E-state index in [1.807, 2.05) is 29.6 Å². The second-order valence-corrected chi connectivity index (χ2v) is 7.59. The topological polar surface area (TPSA) is 86.3 Å². The molecule has 2 aromatic heterocycles. The first kappa shape index (κ1) is 20.9. The summed E-state index contributed by atoms with van der Waals surface area (Å²) in [6, 6.07) is 10.7. The summed E-state index contributed by atoms with van der Waals surface area (Å²) in [5.41, 5.74) is 3.62. The molecular weight excluding hydrogens is 438 g/mol. The number of thiazole rings is 1. The third-order valence-corrected chi connectivity index (χ3v) is 5.40. The average molecular weight is 456 g/mol. The number of hydrogen-bond donors (Lipinski definition) is 1. The standard InChI is InChI=1S/C22H18ClN3O4S/c1-28-19-8-16-18(9-20(19)29-2)25-21(26-22(16)27)17(23)7-13-3-5-15(6-4-13)30-10-14-11-31-12-24-14/h3-9,11-12H,10H2,1-2H3,(H,25,26,27). The number of halogens is 1. The Bertz CT molecular complexity index is 1280. The fraction of sp³-hybridized carbons (Fsp3) is 0.136. The molecule has 0 saturated carbocycles. The fourth-order valence-electron chi connectivity index (χ4n) is 2.92. The highest BCUT2D eigenvalue weighted by atomic mass is 35.5. The molecular formula is C22H18ClN3O4S. The van der Waals surface area contributed by atoms with E-state index in [1.165, 1.54) is 25.6 Å². The van der Waals surface area contributed by atoms with Gasteiger partial charge in [-0.25, -0.2) is 9.97 Å². The maximum atomic E-state index is 12.5. The van der Waals surface area contributed by atoms with Gasteiger partial charge in [0.1, 0.15) is 12.4 Å². The van der Waals surface area contributed by atoms with Crippen molar-refractivity contribution < 1.29 is 14.2 Å². The van der Waals surface area contributed by atoms with Crippen LogP contribution in [0.15, 0.2) is 52.1 Å². The predicted molar refractivity (Wildman–Crippen MR) is 122 cm³/mol. The third-order valence-electron chi connectivity index (χ3n) is 4.48. The first-order valence-corrected chi connectivity index (χ1v) is 10.5. The lowest BCUT2D eigenvalue weighted by molar-refractivity contribution is 0.302. The van der Waals surface area contributed by atoms with Crippen LogP contribution in [-0.4, -0.2) is 29.2 Å².